The first-order valence-corrected chi connectivity index (χ1v) is 9.29. The average molecular weight is 380 g/mol. The number of anilines is 1. The molecular weight excluding hydrogens is 356 g/mol. The third-order valence-corrected chi connectivity index (χ3v) is 5.07. The highest BCUT2D eigenvalue weighted by Gasteiger charge is 2.28. The molecule has 1 N–H and O–H groups in total. The molecule has 1 aliphatic rings. The number of ether oxygens (including phenoxy) is 1. The fourth-order valence-electron chi connectivity index (χ4n) is 3.39. The van der Waals surface area contributed by atoms with E-state index in [2.05, 4.69) is 5.32 Å². The van der Waals surface area contributed by atoms with Crippen LogP contribution in [-0.2, 0) is 9.59 Å². The summed E-state index contributed by atoms with van der Waals surface area (Å²) in [5.41, 5.74) is 2.50. The third-order valence-electron chi connectivity index (χ3n) is 5.07. The number of hydrogen-bond donors (Lipinski definition) is 1. The fourth-order valence-corrected chi connectivity index (χ4v) is 3.39. The van der Waals surface area contributed by atoms with Crippen LogP contribution in [0.3, 0.4) is 0 Å². The van der Waals surface area contributed by atoms with Crippen molar-refractivity contribution in [1.29, 1.82) is 0 Å². The minimum Gasteiger partial charge on any atom is -0.497 e. The first kappa shape index (κ1) is 19.6. The molecule has 1 atom stereocenters. The summed E-state index contributed by atoms with van der Waals surface area (Å²) in [7, 11) is 3.33. The van der Waals surface area contributed by atoms with Crippen molar-refractivity contribution in [2.75, 3.05) is 25.6 Å². The van der Waals surface area contributed by atoms with Crippen LogP contribution >= 0.6 is 0 Å². The summed E-state index contributed by atoms with van der Waals surface area (Å²) in [6.45, 7) is 0.381. The van der Waals surface area contributed by atoms with Gasteiger partial charge in [0.1, 0.15) is 5.75 Å². The Kier molecular flexibility index (Phi) is 6.09. The molecule has 2 amide bonds. The van der Waals surface area contributed by atoms with Gasteiger partial charge in [-0.25, -0.2) is 0 Å². The molecule has 146 valence electrons. The lowest BCUT2D eigenvalue weighted by Gasteiger charge is -2.31. The Balaban J connectivity index is 1.52. The van der Waals surface area contributed by atoms with Crippen molar-refractivity contribution < 1.29 is 19.1 Å². The largest absolute Gasteiger partial charge is 0.497 e. The van der Waals surface area contributed by atoms with Crippen LogP contribution < -0.4 is 15.0 Å². The molecule has 2 aromatic rings. The van der Waals surface area contributed by atoms with Crippen molar-refractivity contribution >= 4 is 23.3 Å². The van der Waals surface area contributed by atoms with E-state index in [1.165, 1.54) is 0 Å². The number of nitrogens with one attached hydrogen (secondary N) is 1. The number of methoxy groups -OCH3 is 1. The molecule has 0 aromatic heterocycles. The van der Waals surface area contributed by atoms with Gasteiger partial charge < -0.3 is 15.0 Å². The van der Waals surface area contributed by atoms with Crippen LogP contribution in [0.25, 0.3) is 0 Å². The van der Waals surface area contributed by atoms with Gasteiger partial charge in [0.05, 0.1) is 7.11 Å². The number of para-hydroxylation sites is 1. The molecule has 0 aliphatic carbocycles. The van der Waals surface area contributed by atoms with E-state index in [0.29, 0.717) is 24.3 Å². The number of carbonyl (C=O) groups is 3. The molecule has 0 saturated heterocycles. The van der Waals surface area contributed by atoms with E-state index >= 15 is 0 Å². The second kappa shape index (κ2) is 8.69. The van der Waals surface area contributed by atoms with Gasteiger partial charge in [0.25, 0.3) is 0 Å². The Bertz CT molecular complexity index is 876. The minimum atomic E-state index is -0.189. The quantitative estimate of drug-likeness (QED) is 0.750. The number of nitrogens with zero attached hydrogens (tertiary/aromatic N) is 1. The van der Waals surface area contributed by atoms with Gasteiger partial charge in [-0.2, -0.15) is 0 Å². The van der Waals surface area contributed by atoms with Gasteiger partial charge in [0, 0.05) is 50.0 Å². The summed E-state index contributed by atoms with van der Waals surface area (Å²) in [5, 5.41) is 2.87. The first-order valence-electron chi connectivity index (χ1n) is 9.29. The smallest absolute Gasteiger partial charge is 0.227 e. The monoisotopic (exact) mass is 380 g/mol. The number of carbonyl (C=O) groups excluding carboxylic acids is 3. The normalized spacial score (nSPS) is 15.7. The van der Waals surface area contributed by atoms with Crippen LogP contribution in [0.4, 0.5) is 5.69 Å². The van der Waals surface area contributed by atoms with E-state index in [-0.39, 0.29) is 36.4 Å². The molecule has 28 heavy (non-hydrogen) atoms. The predicted octanol–water partition coefficient (Wildman–Crippen LogP) is 2.92. The average Bonchev–Trinajstić information content (AvgIpc) is 2.73. The molecule has 1 unspecified atom stereocenters. The summed E-state index contributed by atoms with van der Waals surface area (Å²) >= 11 is 0. The summed E-state index contributed by atoms with van der Waals surface area (Å²) in [5.74, 6) is 0.388. The van der Waals surface area contributed by atoms with Gasteiger partial charge in [-0.15, -0.1) is 0 Å². The minimum absolute atomic E-state index is 0.0348. The molecule has 2 aromatic carbocycles. The Hall–Kier alpha value is -3.15. The molecular formula is C22H24N2O4. The van der Waals surface area contributed by atoms with Crippen LogP contribution in [0.1, 0.15) is 41.1 Å². The number of rotatable bonds is 7. The molecule has 1 aliphatic heterocycles. The van der Waals surface area contributed by atoms with Crippen LogP contribution in [0.15, 0.2) is 48.5 Å². The summed E-state index contributed by atoms with van der Waals surface area (Å²) in [6.07, 6.45) is 0.618. The number of ketones is 1. The van der Waals surface area contributed by atoms with Crippen LogP contribution in [-0.4, -0.2) is 38.3 Å². The van der Waals surface area contributed by atoms with Gasteiger partial charge >= 0.3 is 0 Å². The van der Waals surface area contributed by atoms with Crippen molar-refractivity contribution in [2.24, 2.45) is 0 Å². The van der Waals surface area contributed by atoms with Gasteiger partial charge in [0.15, 0.2) is 5.78 Å². The zero-order valence-corrected chi connectivity index (χ0v) is 16.1. The van der Waals surface area contributed by atoms with Crippen molar-refractivity contribution in [2.45, 2.75) is 25.2 Å². The highest BCUT2D eigenvalue weighted by atomic mass is 16.5. The maximum Gasteiger partial charge on any atom is 0.227 e. The molecule has 1 heterocycles. The fraction of sp³-hybridized carbons (Fsp3) is 0.318. The van der Waals surface area contributed by atoms with Crippen molar-refractivity contribution in [3.8, 4) is 5.75 Å². The second-order valence-electron chi connectivity index (χ2n) is 6.87. The van der Waals surface area contributed by atoms with Gasteiger partial charge in [0.2, 0.25) is 11.8 Å². The highest BCUT2D eigenvalue weighted by molar-refractivity contribution is 5.98. The molecule has 6 heteroatoms. The Morgan fingerprint density at radius 3 is 2.54 bits per heavy atom. The molecule has 0 fully saturated rings. The number of benzene rings is 2. The highest BCUT2D eigenvalue weighted by Crippen LogP contribution is 2.34. The van der Waals surface area contributed by atoms with Crippen LogP contribution in [0.2, 0.25) is 0 Å². The van der Waals surface area contributed by atoms with Crippen molar-refractivity contribution in [3.05, 3.63) is 59.7 Å². The van der Waals surface area contributed by atoms with E-state index in [0.717, 1.165) is 11.3 Å². The SMILES string of the molecule is COc1ccc(C(=O)CCC(=O)NCC2CC(=O)N(C)c3ccccc32)cc1. The Labute approximate surface area is 164 Å². The van der Waals surface area contributed by atoms with Crippen LogP contribution in [0, 0.1) is 0 Å². The third kappa shape index (κ3) is 4.39. The Morgan fingerprint density at radius 1 is 1.11 bits per heavy atom. The van der Waals surface area contributed by atoms with E-state index in [1.807, 2.05) is 24.3 Å². The number of hydrogen-bond acceptors (Lipinski definition) is 4. The lowest BCUT2D eigenvalue weighted by Crippen LogP contribution is -2.37. The number of Topliss-reactive ketones (excluding diaryl/α,β-unsaturated/α-hetero) is 1. The maximum atomic E-state index is 12.2. The van der Waals surface area contributed by atoms with Gasteiger partial charge in [-0.3, -0.25) is 14.4 Å². The van der Waals surface area contributed by atoms with E-state index < -0.39 is 0 Å². The Morgan fingerprint density at radius 2 is 1.82 bits per heavy atom. The van der Waals surface area contributed by atoms with Gasteiger partial charge in [-0.05, 0) is 35.9 Å². The molecule has 0 bridgehead atoms. The molecule has 6 nitrogen and oxygen atoms in total. The lowest BCUT2D eigenvalue weighted by atomic mass is 9.89. The first-order chi connectivity index (χ1) is 13.5. The molecule has 3 rings (SSSR count). The zero-order chi connectivity index (χ0) is 20.1. The number of amides is 2. The molecule has 0 spiro atoms. The predicted molar refractivity (Wildman–Crippen MR) is 107 cm³/mol. The van der Waals surface area contributed by atoms with Crippen molar-refractivity contribution in [3.63, 3.8) is 0 Å². The topological polar surface area (TPSA) is 75.7 Å². The van der Waals surface area contributed by atoms with Crippen molar-refractivity contribution in [1.82, 2.24) is 5.32 Å². The van der Waals surface area contributed by atoms with Crippen LogP contribution in [0.5, 0.6) is 5.75 Å². The molecule has 0 saturated carbocycles. The standard InChI is InChI=1S/C22H24N2O4/c1-24-19-6-4-3-5-18(19)16(13-22(24)27)14-23-21(26)12-11-20(25)15-7-9-17(28-2)10-8-15/h3-10,16H,11-14H2,1-2H3,(H,23,26). The van der Waals surface area contributed by atoms with E-state index in [1.54, 1.807) is 43.3 Å². The summed E-state index contributed by atoms with van der Waals surface area (Å²) < 4.78 is 5.07. The zero-order valence-electron chi connectivity index (χ0n) is 16.1. The van der Waals surface area contributed by atoms with E-state index in [9.17, 15) is 14.4 Å². The number of fused-ring (bicyclic) bond motifs is 1. The maximum absolute atomic E-state index is 12.2. The second-order valence-corrected chi connectivity index (χ2v) is 6.87. The van der Waals surface area contributed by atoms with E-state index in [4.69, 9.17) is 4.74 Å². The summed E-state index contributed by atoms with van der Waals surface area (Å²) in [6, 6.07) is 14.6. The summed E-state index contributed by atoms with van der Waals surface area (Å²) in [4.78, 5) is 38.3. The molecule has 0 radical (unpaired) electrons. The lowest BCUT2D eigenvalue weighted by molar-refractivity contribution is -0.122. The van der Waals surface area contributed by atoms with Gasteiger partial charge in [-0.1, -0.05) is 18.2 Å².